The first kappa shape index (κ1) is 22.1. The monoisotopic (exact) mass is 422 g/mol. The second kappa shape index (κ2) is 8.89. The molecule has 0 fully saturated rings. The van der Waals surface area contributed by atoms with Crippen LogP contribution in [0.15, 0.2) is 36.5 Å². The Morgan fingerprint density at radius 1 is 1.00 bits per heavy atom. The van der Waals surface area contributed by atoms with Crippen LogP contribution < -0.4 is 22.5 Å². The minimum atomic E-state index is -4.47. The number of alkyl halides is 3. The fraction of sp³-hybridized carbons (Fsp3) is 0.118. The lowest BCUT2D eigenvalue weighted by Crippen LogP contribution is -2.10. The van der Waals surface area contributed by atoms with Gasteiger partial charge in [0.2, 0.25) is 17.8 Å². The number of aromatic nitrogens is 4. The summed E-state index contributed by atoms with van der Waals surface area (Å²) in [5.41, 5.74) is 14.7. The van der Waals surface area contributed by atoms with Gasteiger partial charge in [-0.05, 0) is 36.8 Å². The van der Waals surface area contributed by atoms with Crippen LogP contribution in [0.25, 0.3) is 0 Å². The Morgan fingerprint density at radius 2 is 1.57 bits per heavy atom. The summed E-state index contributed by atoms with van der Waals surface area (Å²) in [6.45, 7) is 1.31. The summed E-state index contributed by atoms with van der Waals surface area (Å²) in [5, 5.41) is 11.7. The number of nitrogens with zero attached hydrogens (tertiary/aromatic N) is 4. The van der Waals surface area contributed by atoms with E-state index in [1.165, 1.54) is 37.4 Å². The van der Waals surface area contributed by atoms with E-state index in [0.29, 0.717) is 0 Å². The van der Waals surface area contributed by atoms with E-state index < -0.39 is 17.7 Å². The molecule has 30 heavy (non-hydrogen) atoms. The highest BCUT2D eigenvalue weighted by molar-refractivity contribution is 5.94. The minimum Gasteiger partial charge on any atom is -0.478 e. The SMILES string of the molecule is Cc1c(Nc2ncccc2C(=O)O)cccc1C(F)(F)F.Nc1nc(N)nc(N)n1. The third-order valence-corrected chi connectivity index (χ3v) is 3.62. The fourth-order valence-corrected chi connectivity index (χ4v) is 2.31. The summed E-state index contributed by atoms with van der Waals surface area (Å²) >= 11 is 0. The lowest BCUT2D eigenvalue weighted by Gasteiger charge is -2.15. The summed E-state index contributed by atoms with van der Waals surface area (Å²) in [5.74, 6) is -1.09. The molecule has 0 radical (unpaired) electrons. The van der Waals surface area contributed by atoms with Crippen LogP contribution in [0.4, 0.5) is 42.5 Å². The molecule has 0 atom stereocenters. The zero-order valence-electron chi connectivity index (χ0n) is 15.5. The van der Waals surface area contributed by atoms with Gasteiger partial charge in [0.1, 0.15) is 11.4 Å². The number of nitrogens with one attached hydrogen (secondary N) is 1. The molecule has 0 spiro atoms. The van der Waals surface area contributed by atoms with Gasteiger partial charge in [0, 0.05) is 11.9 Å². The van der Waals surface area contributed by atoms with Crippen molar-refractivity contribution < 1.29 is 23.1 Å². The van der Waals surface area contributed by atoms with Gasteiger partial charge in [0.15, 0.2) is 0 Å². The normalized spacial score (nSPS) is 10.7. The number of nitrogen functional groups attached to an aromatic ring is 3. The van der Waals surface area contributed by atoms with Crippen LogP contribution in [0.1, 0.15) is 21.5 Å². The van der Waals surface area contributed by atoms with Crippen molar-refractivity contribution in [3.05, 3.63) is 53.2 Å². The highest BCUT2D eigenvalue weighted by atomic mass is 19.4. The predicted molar refractivity (Wildman–Crippen MR) is 104 cm³/mol. The van der Waals surface area contributed by atoms with Crippen LogP contribution in [0.3, 0.4) is 0 Å². The lowest BCUT2D eigenvalue weighted by atomic mass is 10.1. The average molecular weight is 422 g/mol. The number of carboxylic acids is 1. The first-order valence-corrected chi connectivity index (χ1v) is 8.13. The number of hydrogen-bond acceptors (Lipinski definition) is 9. The van der Waals surface area contributed by atoms with Gasteiger partial charge < -0.3 is 27.6 Å². The predicted octanol–water partition coefficient (Wildman–Crippen LogP) is 2.47. The van der Waals surface area contributed by atoms with Gasteiger partial charge in [-0.25, -0.2) is 9.78 Å². The van der Waals surface area contributed by atoms with Gasteiger partial charge in [0.25, 0.3) is 0 Å². The van der Waals surface area contributed by atoms with E-state index in [1.54, 1.807) is 0 Å². The van der Waals surface area contributed by atoms with E-state index in [1.807, 2.05) is 0 Å². The number of halogens is 3. The molecule has 0 aliphatic heterocycles. The third kappa shape index (κ3) is 5.67. The van der Waals surface area contributed by atoms with Gasteiger partial charge in [-0.3, -0.25) is 0 Å². The van der Waals surface area contributed by atoms with Crippen molar-refractivity contribution in [2.45, 2.75) is 13.1 Å². The van der Waals surface area contributed by atoms with Crippen molar-refractivity contribution in [2.24, 2.45) is 0 Å². The Morgan fingerprint density at radius 3 is 2.07 bits per heavy atom. The molecule has 3 rings (SSSR count). The van der Waals surface area contributed by atoms with Crippen LogP contribution >= 0.6 is 0 Å². The molecule has 8 N–H and O–H groups in total. The summed E-state index contributed by atoms with van der Waals surface area (Å²) in [6.07, 6.45) is -3.11. The van der Waals surface area contributed by atoms with Crippen molar-refractivity contribution >= 4 is 35.3 Å². The molecule has 1 aromatic carbocycles. The third-order valence-electron chi connectivity index (χ3n) is 3.62. The maximum Gasteiger partial charge on any atom is 0.416 e. The number of hydrogen-bond donors (Lipinski definition) is 5. The highest BCUT2D eigenvalue weighted by Crippen LogP contribution is 2.35. The highest BCUT2D eigenvalue weighted by Gasteiger charge is 2.33. The van der Waals surface area contributed by atoms with Crippen molar-refractivity contribution in [2.75, 3.05) is 22.5 Å². The van der Waals surface area contributed by atoms with Gasteiger partial charge in [-0.1, -0.05) is 6.07 Å². The summed E-state index contributed by atoms with van der Waals surface area (Å²) < 4.78 is 38.5. The molecule has 0 bridgehead atoms. The van der Waals surface area contributed by atoms with Crippen LogP contribution in [0, 0.1) is 6.92 Å². The minimum absolute atomic E-state index is 0.00701. The maximum absolute atomic E-state index is 12.8. The number of nitrogens with two attached hydrogens (primary N) is 3. The Bertz CT molecular complexity index is 1010. The topological polar surface area (TPSA) is 179 Å². The molecular weight excluding hydrogens is 405 g/mol. The molecule has 0 saturated carbocycles. The molecule has 13 heteroatoms. The quantitative estimate of drug-likeness (QED) is 0.421. The van der Waals surface area contributed by atoms with E-state index in [2.05, 4.69) is 25.3 Å². The summed E-state index contributed by atoms with van der Waals surface area (Å²) in [4.78, 5) is 25.4. The maximum atomic E-state index is 12.8. The van der Waals surface area contributed by atoms with Crippen molar-refractivity contribution in [1.29, 1.82) is 0 Å². The molecule has 0 unspecified atom stereocenters. The molecule has 3 aromatic rings. The number of carbonyl (C=O) groups is 1. The average Bonchev–Trinajstić information content (AvgIpc) is 2.62. The molecule has 2 aromatic heterocycles. The smallest absolute Gasteiger partial charge is 0.416 e. The van der Waals surface area contributed by atoms with Crippen LogP contribution in [-0.2, 0) is 6.18 Å². The number of benzene rings is 1. The number of pyridine rings is 1. The zero-order chi connectivity index (χ0) is 22.5. The van der Waals surface area contributed by atoms with Crippen molar-refractivity contribution in [3.63, 3.8) is 0 Å². The Balaban J connectivity index is 0.000000297. The number of anilines is 5. The standard InChI is InChI=1S/C14H11F3N2O2.C3H6N6/c1-8-10(14(15,16)17)5-2-6-11(8)19-12-9(13(20)21)4-3-7-18-12;4-1-7-2(5)9-3(6)8-1/h2-7H,1H3,(H,18,19)(H,20,21);(H6,4,5,6,7,8,9). The largest absolute Gasteiger partial charge is 0.478 e. The molecule has 0 aliphatic rings. The number of rotatable bonds is 3. The molecule has 0 amide bonds. The Labute approximate surface area is 168 Å². The number of carboxylic acid groups (broad SMARTS) is 1. The van der Waals surface area contributed by atoms with Gasteiger partial charge in [0.05, 0.1) is 5.56 Å². The first-order chi connectivity index (χ1) is 14.0. The van der Waals surface area contributed by atoms with E-state index in [-0.39, 0.29) is 40.5 Å². The van der Waals surface area contributed by atoms with Crippen LogP contribution in [-0.4, -0.2) is 31.0 Å². The van der Waals surface area contributed by atoms with E-state index in [4.69, 9.17) is 22.3 Å². The van der Waals surface area contributed by atoms with Crippen LogP contribution in [0.2, 0.25) is 0 Å². The summed E-state index contributed by atoms with van der Waals surface area (Å²) in [6, 6.07) is 6.41. The van der Waals surface area contributed by atoms with Crippen molar-refractivity contribution in [1.82, 2.24) is 19.9 Å². The van der Waals surface area contributed by atoms with Gasteiger partial charge in [-0.15, -0.1) is 0 Å². The molecule has 158 valence electrons. The van der Waals surface area contributed by atoms with Gasteiger partial charge >= 0.3 is 12.1 Å². The second-order valence-corrected chi connectivity index (χ2v) is 5.72. The second-order valence-electron chi connectivity index (χ2n) is 5.72. The lowest BCUT2D eigenvalue weighted by molar-refractivity contribution is -0.138. The molecular formula is C17H17F3N8O2. The zero-order valence-corrected chi connectivity index (χ0v) is 15.5. The van der Waals surface area contributed by atoms with E-state index >= 15 is 0 Å². The fourth-order valence-electron chi connectivity index (χ4n) is 2.31. The molecule has 0 aliphatic carbocycles. The Kier molecular flexibility index (Phi) is 6.56. The number of aromatic carboxylic acids is 1. The van der Waals surface area contributed by atoms with Gasteiger partial charge in [-0.2, -0.15) is 28.1 Å². The van der Waals surface area contributed by atoms with Crippen molar-refractivity contribution in [3.8, 4) is 0 Å². The van der Waals surface area contributed by atoms with E-state index in [0.717, 1.165) is 6.07 Å². The molecule has 0 saturated heterocycles. The first-order valence-electron chi connectivity index (χ1n) is 8.13. The molecule has 10 nitrogen and oxygen atoms in total. The molecule has 2 heterocycles. The summed E-state index contributed by atoms with van der Waals surface area (Å²) in [7, 11) is 0. The van der Waals surface area contributed by atoms with Crippen LogP contribution in [0.5, 0.6) is 0 Å². The Hall–Kier alpha value is -4.16. The van der Waals surface area contributed by atoms with E-state index in [9.17, 15) is 18.0 Å².